The highest BCUT2D eigenvalue weighted by Crippen LogP contribution is 2.24. The molecule has 0 aliphatic carbocycles. The van der Waals surface area contributed by atoms with Gasteiger partial charge in [0.2, 0.25) is 5.94 Å². The van der Waals surface area contributed by atoms with Crippen molar-refractivity contribution in [2.45, 2.75) is 40.2 Å². The van der Waals surface area contributed by atoms with E-state index in [0.717, 1.165) is 6.26 Å². The van der Waals surface area contributed by atoms with Gasteiger partial charge < -0.3 is 9.47 Å². The summed E-state index contributed by atoms with van der Waals surface area (Å²) < 4.78 is 37.3. The van der Waals surface area contributed by atoms with Crippen LogP contribution in [0.5, 0.6) is 0 Å². The molecule has 0 aromatic heterocycles. The van der Waals surface area contributed by atoms with Crippen LogP contribution in [0.15, 0.2) is 12.8 Å². The number of carbonyl (C=O) groups excluding carboxylic acids is 2. The first kappa shape index (κ1) is 19.6. The summed E-state index contributed by atoms with van der Waals surface area (Å²) in [5.74, 6) is -2.15. The predicted octanol–water partition coefficient (Wildman–Crippen LogP) is 1.39. The molecule has 0 N–H and O–H groups in total. The van der Waals surface area contributed by atoms with Crippen LogP contribution in [-0.4, -0.2) is 38.3 Å². The first-order chi connectivity index (χ1) is 9.34. The third-order valence-electron chi connectivity index (χ3n) is 2.48. The quantitative estimate of drug-likeness (QED) is 0.288. The zero-order valence-electron chi connectivity index (χ0n) is 13.0. The molecule has 0 spiro atoms. The van der Waals surface area contributed by atoms with Crippen molar-refractivity contribution in [2.24, 2.45) is 5.41 Å². The number of ketones is 1. The van der Waals surface area contributed by atoms with Crippen molar-refractivity contribution in [2.75, 3.05) is 12.5 Å². The van der Waals surface area contributed by atoms with Gasteiger partial charge >= 0.3 is 16.1 Å². The molecular weight excluding hydrogens is 300 g/mol. The van der Waals surface area contributed by atoms with Gasteiger partial charge in [-0.1, -0.05) is 6.58 Å². The Kier molecular flexibility index (Phi) is 6.56. The van der Waals surface area contributed by atoms with E-state index in [1.54, 1.807) is 20.8 Å². The van der Waals surface area contributed by atoms with Gasteiger partial charge in [-0.2, -0.15) is 8.42 Å². The smallest absolute Gasteiger partial charge is 0.322 e. The number of hydrogen-bond donors (Lipinski definition) is 0. The predicted molar refractivity (Wildman–Crippen MR) is 75.7 cm³/mol. The van der Waals surface area contributed by atoms with E-state index in [4.69, 9.17) is 4.74 Å². The Morgan fingerprint density at radius 2 is 1.71 bits per heavy atom. The largest absolute Gasteiger partial charge is 0.483 e. The van der Waals surface area contributed by atoms with Gasteiger partial charge in [-0.3, -0.25) is 13.8 Å². The summed E-state index contributed by atoms with van der Waals surface area (Å²) in [6.07, 6.45) is 0.943. The minimum atomic E-state index is -4.04. The molecule has 7 nitrogen and oxygen atoms in total. The highest BCUT2D eigenvalue weighted by atomic mass is 32.2. The molecular formula is C13H22O7S. The lowest BCUT2D eigenvalue weighted by atomic mass is 9.87. The zero-order valence-corrected chi connectivity index (χ0v) is 13.8. The lowest BCUT2D eigenvalue weighted by Gasteiger charge is -2.29. The van der Waals surface area contributed by atoms with Gasteiger partial charge in [0.15, 0.2) is 0 Å². The average molecular weight is 322 g/mol. The summed E-state index contributed by atoms with van der Waals surface area (Å²) >= 11 is 0. The monoisotopic (exact) mass is 322 g/mol. The Bertz CT molecular complexity index is 501. The Balaban J connectivity index is 5.03. The number of rotatable bonds is 8. The van der Waals surface area contributed by atoms with E-state index in [9.17, 15) is 18.0 Å². The fraction of sp³-hybridized carbons (Fsp3) is 0.692. The van der Waals surface area contributed by atoms with Crippen LogP contribution in [0.4, 0.5) is 0 Å². The van der Waals surface area contributed by atoms with Crippen LogP contribution in [0.25, 0.3) is 0 Å². The molecule has 0 aliphatic heterocycles. The molecule has 1 atom stereocenters. The van der Waals surface area contributed by atoms with Crippen molar-refractivity contribution < 1.29 is 31.7 Å². The van der Waals surface area contributed by atoms with Crippen molar-refractivity contribution in [1.29, 1.82) is 0 Å². The summed E-state index contributed by atoms with van der Waals surface area (Å²) in [6.45, 7) is 9.90. The Labute approximate surface area is 125 Å². The minimum absolute atomic E-state index is 0.559. The molecule has 122 valence electrons. The molecule has 0 fully saturated rings. The molecule has 8 heteroatoms. The van der Waals surface area contributed by atoms with E-state index in [0.29, 0.717) is 0 Å². The molecule has 0 bridgehead atoms. The van der Waals surface area contributed by atoms with Crippen molar-refractivity contribution in [1.82, 2.24) is 0 Å². The fourth-order valence-corrected chi connectivity index (χ4v) is 1.81. The van der Waals surface area contributed by atoms with Gasteiger partial charge in [-0.15, -0.1) is 0 Å². The van der Waals surface area contributed by atoms with E-state index in [-0.39, 0.29) is 0 Å². The molecule has 0 rings (SSSR count). The summed E-state index contributed by atoms with van der Waals surface area (Å²) in [4.78, 5) is 23.8. The minimum Gasteiger partial charge on any atom is -0.483 e. The van der Waals surface area contributed by atoms with Gasteiger partial charge in [0.1, 0.15) is 16.8 Å². The first-order valence-electron chi connectivity index (χ1n) is 6.18. The third kappa shape index (κ3) is 6.72. The van der Waals surface area contributed by atoms with Gasteiger partial charge in [0.25, 0.3) is 0 Å². The molecule has 0 aromatic carbocycles. The van der Waals surface area contributed by atoms with E-state index >= 15 is 0 Å². The zero-order chi connectivity index (χ0) is 16.9. The van der Waals surface area contributed by atoms with Crippen LogP contribution < -0.4 is 0 Å². The molecule has 1 unspecified atom stereocenters. The fourth-order valence-electron chi connectivity index (χ4n) is 1.07. The molecule has 0 amide bonds. The number of Topliss-reactive ketones (excluding diaryl/α,β-unsaturated/α-hetero) is 1. The first-order valence-corrected chi connectivity index (χ1v) is 7.76. The standard InChI is InChI=1S/C13H22O7S/c1-7-18-9-21(16,17)19-8-13(6,10(2)14)11(15)20-12(3,4)5/h7H,1,8-9H2,2-6H3. The van der Waals surface area contributed by atoms with E-state index in [1.165, 1.54) is 13.8 Å². The lowest BCUT2D eigenvalue weighted by molar-refractivity contribution is -0.170. The second-order valence-corrected chi connectivity index (χ2v) is 7.25. The number of esters is 1. The third-order valence-corrected chi connectivity index (χ3v) is 3.39. The summed E-state index contributed by atoms with van der Waals surface area (Å²) in [5, 5.41) is 0. The lowest BCUT2D eigenvalue weighted by Crippen LogP contribution is -2.44. The summed E-state index contributed by atoms with van der Waals surface area (Å²) in [5.41, 5.74) is -2.52. The average Bonchev–Trinajstić information content (AvgIpc) is 2.31. The van der Waals surface area contributed by atoms with Gasteiger partial charge in [0.05, 0.1) is 12.9 Å². The van der Waals surface area contributed by atoms with Crippen LogP contribution in [0, 0.1) is 5.41 Å². The molecule has 0 saturated carbocycles. The molecule has 0 aromatic rings. The Morgan fingerprint density at radius 3 is 2.10 bits per heavy atom. The number of ether oxygens (including phenoxy) is 2. The van der Waals surface area contributed by atoms with Crippen LogP contribution in [0.3, 0.4) is 0 Å². The van der Waals surface area contributed by atoms with Crippen LogP contribution >= 0.6 is 0 Å². The van der Waals surface area contributed by atoms with Crippen molar-refractivity contribution in [3.63, 3.8) is 0 Å². The van der Waals surface area contributed by atoms with Crippen LogP contribution in [0.2, 0.25) is 0 Å². The normalized spacial score (nSPS) is 14.9. The summed E-state index contributed by atoms with van der Waals surface area (Å²) in [7, 11) is -4.04. The van der Waals surface area contributed by atoms with Crippen LogP contribution in [0.1, 0.15) is 34.6 Å². The molecule has 0 radical (unpaired) electrons. The topological polar surface area (TPSA) is 96.0 Å². The van der Waals surface area contributed by atoms with Crippen molar-refractivity contribution >= 4 is 21.9 Å². The van der Waals surface area contributed by atoms with Gasteiger partial charge in [0, 0.05) is 0 Å². The second kappa shape index (κ2) is 7.04. The molecule has 0 aliphatic rings. The van der Waals surface area contributed by atoms with Gasteiger partial charge in [-0.05, 0) is 34.6 Å². The van der Waals surface area contributed by atoms with Gasteiger partial charge in [-0.25, -0.2) is 0 Å². The Hall–Kier alpha value is -1.41. The summed E-state index contributed by atoms with van der Waals surface area (Å²) in [6, 6.07) is 0. The Morgan fingerprint density at radius 1 is 1.19 bits per heavy atom. The van der Waals surface area contributed by atoms with Crippen molar-refractivity contribution in [3.05, 3.63) is 12.8 Å². The highest BCUT2D eigenvalue weighted by Gasteiger charge is 2.43. The molecule has 21 heavy (non-hydrogen) atoms. The van der Waals surface area contributed by atoms with Crippen LogP contribution in [-0.2, 0) is 33.4 Å². The van der Waals surface area contributed by atoms with E-state index in [2.05, 4.69) is 15.5 Å². The molecule has 0 heterocycles. The second-order valence-electron chi connectivity index (χ2n) is 5.66. The SMILES string of the molecule is C=COCS(=O)(=O)OCC(C)(C(C)=O)C(=O)OC(C)(C)C. The maximum atomic E-state index is 12.1. The van der Waals surface area contributed by atoms with Crippen molar-refractivity contribution in [3.8, 4) is 0 Å². The molecule has 0 saturated heterocycles. The van der Waals surface area contributed by atoms with E-state index in [1.807, 2.05) is 0 Å². The maximum Gasteiger partial charge on any atom is 0.322 e. The highest BCUT2D eigenvalue weighted by molar-refractivity contribution is 7.86. The van der Waals surface area contributed by atoms with E-state index < -0.39 is 45.4 Å². The maximum absolute atomic E-state index is 12.1. The number of carbonyl (C=O) groups is 2. The number of hydrogen-bond acceptors (Lipinski definition) is 7.